The minimum absolute atomic E-state index is 0.00710. The van der Waals surface area contributed by atoms with E-state index in [1.807, 2.05) is 34.6 Å². The summed E-state index contributed by atoms with van der Waals surface area (Å²) in [6.07, 6.45) is -3.14. The Balaban J connectivity index is 2.88. The fourth-order valence-electron chi connectivity index (χ4n) is 3.16. The van der Waals surface area contributed by atoms with Crippen LogP contribution in [0.25, 0.3) is 0 Å². The SMILES string of the molecule is CCCC(C)OC(=O)O[C@@H](C)[C@H](C)OC(=O)[C@@H](N)Cc1ccc(OC(=O)OCC(C)C)c(OC(=O)OCC(C)C)c1. The zero-order chi connectivity index (χ0) is 31.1. The van der Waals surface area contributed by atoms with Crippen molar-refractivity contribution >= 4 is 24.4 Å². The van der Waals surface area contributed by atoms with Crippen molar-refractivity contribution in [3.05, 3.63) is 23.8 Å². The van der Waals surface area contributed by atoms with E-state index in [9.17, 15) is 19.2 Å². The molecule has 4 atom stereocenters. The smallest absolute Gasteiger partial charge is 0.458 e. The first-order valence-corrected chi connectivity index (χ1v) is 13.9. The first-order chi connectivity index (χ1) is 19.2. The molecule has 0 aliphatic heterocycles. The molecule has 0 amide bonds. The van der Waals surface area contributed by atoms with Crippen molar-refractivity contribution in [1.29, 1.82) is 0 Å². The summed E-state index contributed by atoms with van der Waals surface area (Å²) in [6.45, 7) is 14.6. The van der Waals surface area contributed by atoms with Crippen LogP contribution in [0.15, 0.2) is 18.2 Å². The summed E-state index contributed by atoms with van der Waals surface area (Å²) in [6, 6.07) is 3.23. The van der Waals surface area contributed by atoms with Crippen LogP contribution in [-0.4, -0.2) is 62.0 Å². The molecule has 1 unspecified atom stereocenters. The Kier molecular flexibility index (Phi) is 15.6. The van der Waals surface area contributed by atoms with Crippen LogP contribution in [0.5, 0.6) is 11.5 Å². The molecule has 0 heterocycles. The summed E-state index contributed by atoms with van der Waals surface area (Å²) >= 11 is 0. The van der Waals surface area contributed by atoms with Crippen LogP contribution in [0.3, 0.4) is 0 Å². The summed E-state index contributed by atoms with van der Waals surface area (Å²) < 4.78 is 36.3. The second-order valence-corrected chi connectivity index (χ2v) is 10.6. The molecule has 1 aromatic rings. The lowest BCUT2D eigenvalue weighted by Gasteiger charge is -2.23. The molecule has 1 rings (SSSR count). The van der Waals surface area contributed by atoms with Crippen molar-refractivity contribution in [3.63, 3.8) is 0 Å². The van der Waals surface area contributed by atoms with Gasteiger partial charge >= 0.3 is 24.4 Å². The Morgan fingerprint density at radius 1 is 0.732 bits per heavy atom. The van der Waals surface area contributed by atoms with Crippen molar-refractivity contribution in [2.45, 2.75) is 99.0 Å². The molecule has 0 radical (unpaired) electrons. The second-order valence-electron chi connectivity index (χ2n) is 10.6. The lowest BCUT2D eigenvalue weighted by atomic mass is 10.1. The zero-order valence-corrected chi connectivity index (χ0v) is 25.3. The monoisotopic (exact) mass is 583 g/mol. The predicted octanol–water partition coefficient (Wildman–Crippen LogP) is 5.56. The lowest BCUT2D eigenvalue weighted by molar-refractivity contribution is -0.155. The highest BCUT2D eigenvalue weighted by molar-refractivity contribution is 5.76. The maximum Gasteiger partial charge on any atom is 0.513 e. The van der Waals surface area contributed by atoms with Gasteiger partial charge in [0.15, 0.2) is 11.5 Å². The molecule has 232 valence electrons. The minimum Gasteiger partial charge on any atom is -0.458 e. The highest BCUT2D eigenvalue weighted by Gasteiger charge is 2.26. The molecule has 0 bridgehead atoms. The molecular weight excluding hydrogens is 538 g/mol. The first-order valence-electron chi connectivity index (χ1n) is 13.9. The van der Waals surface area contributed by atoms with Gasteiger partial charge < -0.3 is 38.9 Å². The number of hydrogen-bond donors (Lipinski definition) is 1. The van der Waals surface area contributed by atoms with E-state index in [1.54, 1.807) is 26.8 Å². The Hall–Kier alpha value is -3.54. The summed E-state index contributed by atoms with van der Waals surface area (Å²) in [5, 5.41) is 0. The maximum absolute atomic E-state index is 12.7. The molecule has 12 nitrogen and oxygen atoms in total. The number of carbonyl (C=O) groups excluding carboxylic acids is 4. The van der Waals surface area contributed by atoms with E-state index in [2.05, 4.69) is 0 Å². The van der Waals surface area contributed by atoms with Crippen LogP contribution in [0.4, 0.5) is 14.4 Å². The van der Waals surface area contributed by atoms with Gasteiger partial charge in [0.05, 0.1) is 13.2 Å². The van der Waals surface area contributed by atoms with Crippen LogP contribution in [0.2, 0.25) is 0 Å². The van der Waals surface area contributed by atoms with Crippen molar-refractivity contribution in [2.24, 2.45) is 17.6 Å². The third-order valence-electron chi connectivity index (χ3n) is 5.46. The maximum atomic E-state index is 12.7. The molecule has 0 aliphatic rings. The van der Waals surface area contributed by atoms with Crippen LogP contribution >= 0.6 is 0 Å². The van der Waals surface area contributed by atoms with Gasteiger partial charge in [-0.05, 0) is 63.1 Å². The van der Waals surface area contributed by atoms with Gasteiger partial charge in [0.25, 0.3) is 0 Å². The number of carbonyl (C=O) groups is 4. The summed E-state index contributed by atoms with van der Waals surface area (Å²) in [5.41, 5.74) is 6.55. The number of nitrogens with two attached hydrogens (primary N) is 1. The lowest BCUT2D eigenvalue weighted by Crippen LogP contribution is -2.39. The van der Waals surface area contributed by atoms with Gasteiger partial charge in [-0.15, -0.1) is 0 Å². The van der Waals surface area contributed by atoms with Crippen molar-refractivity contribution < 1.29 is 52.3 Å². The van der Waals surface area contributed by atoms with Crippen LogP contribution in [-0.2, 0) is 34.9 Å². The summed E-state index contributed by atoms with van der Waals surface area (Å²) in [4.78, 5) is 48.9. The average Bonchev–Trinajstić information content (AvgIpc) is 2.87. The van der Waals surface area contributed by atoms with E-state index < -0.39 is 42.7 Å². The zero-order valence-electron chi connectivity index (χ0n) is 25.3. The average molecular weight is 584 g/mol. The molecule has 0 aliphatic carbocycles. The Morgan fingerprint density at radius 2 is 1.27 bits per heavy atom. The second kappa shape index (κ2) is 18.0. The largest absolute Gasteiger partial charge is 0.513 e. The number of esters is 1. The Bertz CT molecular complexity index is 995. The van der Waals surface area contributed by atoms with E-state index in [1.165, 1.54) is 12.1 Å². The molecule has 0 spiro atoms. The minimum atomic E-state index is -1.11. The van der Waals surface area contributed by atoms with E-state index in [4.69, 9.17) is 38.9 Å². The van der Waals surface area contributed by atoms with E-state index >= 15 is 0 Å². The Morgan fingerprint density at radius 3 is 1.80 bits per heavy atom. The molecule has 0 aromatic heterocycles. The number of ether oxygens (including phenoxy) is 7. The van der Waals surface area contributed by atoms with Gasteiger partial charge in [0.2, 0.25) is 0 Å². The predicted molar refractivity (Wildman–Crippen MR) is 149 cm³/mol. The topological polar surface area (TPSA) is 159 Å². The number of rotatable bonds is 15. The van der Waals surface area contributed by atoms with Gasteiger partial charge in [-0.2, -0.15) is 0 Å². The summed E-state index contributed by atoms with van der Waals surface area (Å²) in [5.74, 6) is -0.777. The normalized spacial score (nSPS) is 13.9. The number of hydrogen-bond acceptors (Lipinski definition) is 12. The van der Waals surface area contributed by atoms with Crippen LogP contribution < -0.4 is 15.2 Å². The molecular formula is C29H45NO11. The molecule has 2 N–H and O–H groups in total. The fraction of sp³-hybridized carbons (Fsp3) is 0.655. The third kappa shape index (κ3) is 14.6. The fourth-order valence-corrected chi connectivity index (χ4v) is 3.16. The summed E-state index contributed by atoms with van der Waals surface area (Å²) in [7, 11) is 0. The molecule has 0 saturated carbocycles. The van der Waals surface area contributed by atoms with Gasteiger partial charge in [0, 0.05) is 0 Å². The molecule has 1 aromatic carbocycles. The van der Waals surface area contributed by atoms with Crippen molar-refractivity contribution in [3.8, 4) is 11.5 Å². The van der Waals surface area contributed by atoms with Crippen LogP contribution in [0, 0.1) is 11.8 Å². The van der Waals surface area contributed by atoms with Gasteiger partial charge in [0.1, 0.15) is 24.4 Å². The molecule has 0 fully saturated rings. The molecule has 0 saturated heterocycles. The molecule has 12 heteroatoms. The first kappa shape index (κ1) is 35.5. The van der Waals surface area contributed by atoms with Gasteiger partial charge in [-0.25, -0.2) is 14.4 Å². The Labute approximate surface area is 242 Å². The van der Waals surface area contributed by atoms with E-state index in [0.717, 1.165) is 6.42 Å². The molecule has 41 heavy (non-hydrogen) atoms. The highest BCUT2D eigenvalue weighted by Crippen LogP contribution is 2.30. The number of benzene rings is 1. The van der Waals surface area contributed by atoms with Gasteiger partial charge in [-0.3, -0.25) is 4.79 Å². The van der Waals surface area contributed by atoms with Crippen molar-refractivity contribution in [2.75, 3.05) is 13.2 Å². The standard InChI is InChI=1S/C29H45NO11/c1-9-10-19(6)37-29(34)39-21(8)20(7)38-26(31)23(30)13-22-11-12-24(40-27(32)35-15-17(2)3)25(14-22)41-28(33)36-16-18(4)5/h11-12,14,17-21,23H,9-10,13,15-16,30H2,1-8H3/t19?,20-,21-,23-/m0/s1. The van der Waals surface area contributed by atoms with E-state index in [-0.39, 0.29) is 49.1 Å². The van der Waals surface area contributed by atoms with Crippen LogP contribution in [0.1, 0.15) is 73.8 Å². The van der Waals surface area contributed by atoms with Gasteiger partial charge in [-0.1, -0.05) is 47.1 Å². The third-order valence-corrected chi connectivity index (χ3v) is 5.46. The van der Waals surface area contributed by atoms with E-state index in [0.29, 0.717) is 12.0 Å². The van der Waals surface area contributed by atoms with Crippen molar-refractivity contribution in [1.82, 2.24) is 0 Å². The quantitative estimate of drug-likeness (QED) is 0.156. The highest BCUT2D eigenvalue weighted by atomic mass is 16.8.